The molecule has 3 nitrogen and oxygen atoms in total. The van der Waals surface area contributed by atoms with Gasteiger partial charge in [-0.25, -0.2) is 0 Å². The molecule has 0 spiro atoms. The summed E-state index contributed by atoms with van der Waals surface area (Å²) in [5.41, 5.74) is 4.01. The molecular formula is C14H24N2O. The van der Waals surface area contributed by atoms with E-state index in [2.05, 4.69) is 29.5 Å². The predicted molar refractivity (Wildman–Crippen MR) is 71.7 cm³/mol. The molecule has 1 fully saturated rings. The Morgan fingerprint density at radius 2 is 2.35 bits per heavy atom. The van der Waals surface area contributed by atoms with Gasteiger partial charge in [0.15, 0.2) is 0 Å². The van der Waals surface area contributed by atoms with E-state index in [1.165, 1.54) is 12.8 Å². The Hall–Kier alpha value is -1.18. The first-order valence-electron chi connectivity index (χ1n) is 6.43. The molecule has 0 aromatic carbocycles. The van der Waals surface area contributed by atoms with Crippen molar-refractivity contribution >= 4 is 0 Å². The van der Waals surface area contributed by atoms with Crippen LogP contribution in [-0.4, -0.2) is 25.7 Å². The third kappa shape index (κ3) is 5.62. The lowest BCUT2D eigenvalue weighted by atomic mass is 10.2. The van der Waals surface area contributed by atoms with Crippen LogP contribution in [0.25, 0.3) is 0 Å². The Kier molecular flexibility index (Phi) is 6.53. The van der Waals surface area contributed by atoms with Gasteiger partial charge in [-0.2, -0.15) is 0 Å². The smallest absolute Gasteiger partial charge is 0.0892 e. The molecule has 1 heterocycles. The first-order chi connectivity index (χ1) is 8.26. The normalized spacial score (nSPS) is 18.5. The van der Waals surface area contributed by atoms with Gasteiger partial charge >= 0.3 is 0 Å². The van der Waals surface area contributed by atoms with Crippen LogP contribution >= 0.6 is 0 Å². The zero-order chi connectivity index (χ0) is 12.5. The van der Waals surface area contributed by atoms with Crippen LogP contribution in [0.5, 0.6) is 0 Å². The van der Waals surface area contributed by atoms with E-state index < -0.39 is 0 Å². The van der Waals surface area contributed by atoms with Crippen molar-refractivity contribution in [2.24, 2.45) is 0 Å². The summed E-state index contributed by atoms with van der Waals surface area (Å²) in [4.78, 5) is 0. The van der Waals surface area contributed by atoms with Crippen molar-refractivity contribution in [2.45, 2.75) is 38.6 Å². The van der Waals surface area contributed by atoms with Crippen LogP contribution in [-0.2, 0) is 4.74 Å². The Morgan fingerprint density at radius 3 is 2.94 bits per heavy atom. The molecule has 96 valence electrons. The van der Waals surface area contributed by atoms with Crippen LogP contribution in [0.2, 0.25) is 0 Å². The number of hydrogen-bond donors (Lipinski definition) is 2. The largest absolute Gasteiger partial charge is 0.499 e. The molecule has 1 aliphatic heterocycles. The van der Waals surface area contributed by atoms with E-state index in [4.69, 9.17) is 4.74 Å². The second kappa shape index (κ2) is 7.99. The number of hydrogen-bond acceptors (Lipinski definition) is 3. The van der Waals surface area contributed by atoms with Crippen molar-refractivity contribution in [2.75, 3.05) is 19.7 Å². The third-order valence-electron chi connectivity index (χ3n) is 2.94. The van der Waals surface area contributed by atoms with E-state index in [1.54, 1.807) is 0 Å². The fourth-order valence-corrected chi connectivity index (χ4v) is 1.96. The molecule has 0 bridgehead atoms. The quantitative estimate of drug-likeness (QED) is 0.501. The van der Waals surface area contributed by atoms with E-state index in [1.807, 2.05) is 6.92 Å². The Labute approximate surface area is 105 Å². The zero-order valence-corrected chi connectivity index (χ0v) is 10.8. The Bertz CT molecular complexity index is 287. The first-order valence-corrected chi connectivity index (χ1v) is 6.43. The van der Waals surface area contributed by atoms with Crippen molar-refractivity contribution in [3.63, 3.8) is 0 Å². The highest BCUT2D eigenvalue weighted by Crippen LogP contribution is 2.10. The average Bonchev–Trinajstić information content (AvgIpc) is 2.82. The molecule has 1 rings (SSSR count). The maximum Gasteiger partial charge on any atom is 0.0892 e. The van der Waals surface area contributed by atoms with Crippen molar-refractivity contribution in [1.82, 2.24) is 10.6 Å². The predicted octanol–water partition coefficient (Wildman–Crippen LogP) is 2.33. The molecule has 3 heteroatoms. The molecule has 1 atom stereocenters. The summed E-state index contributed by atoms with van der Waals surface area (Å²) in [6, 6.07) is 0.591. The summed E-state index contributed by atoms with van der Waals surface area (Å²) in [5.74, 6) is 0.834. The second-order valence-corrected chi connectivity index (χ2v) is 4.30. The van der Waals surface area contributed by atoms with Crippen LogP contribution in [0.15, 0.2) is 30.3 Å². The van der Waals surface area contributed by atoms with Gasteiger partial charge in [-0.05, 0) is 26.3 Å². The average molecular weight is 236 g/mol. The Morgan fingerprint density at radius 1 is 1.53 bits per heavy atom. The van der Waals surface area contributed by atoms with Crippen molar-refractivity contribution in [3.8, 4) is 0 Å². The lowest BCUT2D eigenvalue weighted by molar-refractivity contribution is 0.220. The van der Waals surface area contributed by atoms with Gasteiger partial charge in [0.05, 0.1) is 18.1 Å². The number of rotatable bonds is 8. The SMILES string of the molecule is C=C=C(CCC(=C)OCC)NC[C@H]1CCCN1. The fourth-order valence-electron chi connectivity index (χ4n) is 1.96. The summed E-state index contributed by atoms with van der Waals surface area (Å²) < 4.78 is 5.32. The van der Waals surface area contributed by atoms with Gasteiger partial charge in [0, 0.05) is 25.4 Å². The molecule has 0 radical (unpaired) electrons. The van der Waals surface area contributed by atoms with E-state index in [0.29, 0.717) is 12.6 Å². The van der Waals surface area contributed by atoms with E-state index in [9.17, 15) is 0 Å². The summed E-state index contributed by atoms with van der Waals surface area (Å²) in [6.45, 7) is 12.3. The second-order valence-electron chi connectivity index (χ2n) is 4.30. The van der Waals surface area contributed by atoms with E-state index >= 15 is 0 Å². The molecular weight excluding hydrogens is 212 g/mol. The molecule has 0 unspecified atom stereocenters. The van der Waals surface area contributed by atoms with Gasteiger partial charge in [0.2, 0.25) is 0 Å². The number of nitrogens with one attached hydrogen (secondary N) is 2. The molecule has 0 aromatic rings. The van der Waals surface area contributed by atoms with E-state index in [-0.39, 0.29) is 0 Å². The van der Waals surface area contributed by atoms with Gasteiger partial charge in [-0.15, -0.1) is 5.73 Å². The minimum atomic E-state index is 0.591. The molecule has 1 aliphatic rings. The van der Waals surface area contributed by atoms with Gasteiger partial charge < -0.3 is 15.4 Å². The molecule has 0 aromatic heterocycles. The van der Waals surface area contributed by atoms with Crippen LogP contribution < -0.4 is 10.6 Å². The lowest BCUT2D eigenvalue weighted by Gasteiger charge is -2.14. The molecule has 0 aliphatic carbocycles. The monoisotopic (exact) mass is 236 g/mol. The Balaban J connectivity index is 2.19. The molecule has 17 heavy (non-hydrogen) atoms. The summed E-state index contributed by atoms with van der Waals surface area (Å²) in [5, 5.41) is 6.85. The molecule has 0 amide bonds. The highest BCUT2D eigenvalue weighted by Gasteiger charge is 2.13. The first kappa shape index (κ1) is 13.9. The molecule has 0 saturated carbocycles. The fraction of sp³-hybridized carbons (Fsp3) is 0.643. The topological polar surface area (TPSA) is 33.3 Å². The molecule has 1 saturated heterocycles. The van der Waals surface area contributed by atoms with Crippen molar-refractivity contribution < 1.29 is 4.74 Å². The minimum Gasteiger partial charge on any atom is -0.499 e. The van der Waals surface area contributed by atoms with Gasteiger partial charge in [0.25, 0.3) is 0 Å². The standard InChI is InChI=1S/C14H24N2O/c1-4-13(9-8-12(3)17-5-2)16-11-14-7-6-10-15-14/h14-16H,1,3,5-11H2,2H3/t14-/m1/s1. The van der Waals surface area contributed by atoms with Gasteiger partial charge in [-0.1, -0.05) is 13.2 Å². The number of ether oxygens (including phenoxy) is 1. The van der Waals surface area contributed by atoms with Crippen molar-refractivity contribution in [1.29, 1.82) is 0 Å². The maximum absolute atomic E-state index is 5.32. The van der Waals surface area contributed by atoms with Gasteiger partial charge in [0.1, 0.15) is 0 Å². The van der Waals surface area contributed by atoms with Crippen LogP contribution in [0, 0.1) is 0 Å². The highest BCUT2D eigenvalue weighted by molar-refractivity contribution is 5.00. The summed E-state index contributed by atoms with van der Waals surface area (Å²) in [6.07, 6.45) is 4.23. The van der Waals surface area contributed by atoms with Crippen LogP contribution in [0.4, 0.5) is 0 Å². The minimum absolute atomic E-state index is 0.591. The maximum atomic E-state index is 5.32. The van der Waals surface area contributed by atoms with Gasteiger partial charge in [-0.3, -0.25) is 0 Å². The zero-order valence-electron chi connectivity index (χ0n) is 10.8. The lowest BCUT2D eigenvalue weighted by Crippen LogP contribution is -2.33. The van der Waals surface area contributed by atoms with E-state index in [0.717, 1.165) is 37.4 Å². The third-order valence-corrected chi connectivity index (χ3v) is 2.94. The van der Waals surface area contributed by atoms with Crippen LogP contribution in [0.3, 0.4) is 0 Å². The summed E-state index contributed by atoms with van der Waals surface area (Å²) >= 11 is 0. The summed E-state index contributed by atoms with van der Waals surface area (Å²) in [7, 11) is 0. The highest BCUT2D eigenvalue weighted by atomic mass is 16.5. The number of allylic oxidation sites excluding steroid dienone is 2. The van der Waals surface area contributed by atoms with Crippen molar-refractivity contribution in [3.05, 3.63) is 30.3 Å². The van der Waals surface area contributed by atoms with Crippen LogP contribution in [0.1, 0.15) is 32.6 Å². The molecule has 2 N–H and O–H groups in total.